The van der Waals surface area contributed by atoms with Crippen molar-refractivity contribution in [3.8, 4) is 0 Å². The highest BCUT2D eigenvalue weighted by atomic mass is 32.1. The normalized spacial score (nSPS) is 24.6. The predicted octanol–water partition coefficient (Wildman–Crippen LogP) is 4.39. The van der Waals surface area contributed by atoms with Crippen molar-refractivity contribution in [1.29, 1.82) is 0 Å². The van der Waals surface area contributed by atoms with Crippen molar-refractivity contribution in [2.75, 3.05) is 5.01 Å². The molecule has 3 atom stereocenters. The van der Waals surface area contributed by atoms with Crippen LogP contribution in [0.2, 0.25) is 0 Å². The first kappa shape index (κ1) is 15.5. The third-order valence-corrected chi connectivity index (χ3v) is 5.51. The Morgan fingerprint density at radius 2 is 1.50 bits per heavy atom. The number of hydrogen-bond donors (Lipinski definition) is 2. The topological polar surface area (TPSA) is 27.3 Å². The first-order chi connectivity index (χ1) is 11.8. The lowest BCUT2D eigenvalue weighted by molar-refractivity contribution is 0.389. The second-order valence-corrected chi connectivity index (χ2v) is 7.28. The number of rotatable bonds is 4. The molecule has 0 amide bonds. The van der Waals surface area contributed by atoms with Gasteiger partial charge in [-0.2, -0.15) is 0 Å². The van der Waals surface area contributed by atoms with Crippen LogP contribution in [0.1, 0.15) is 25.7 Å². The summed E-state index contributed by atoms with van der Waals surface area (Å²) in [6, 6.07) is 21.1. The SMILES string of the molecule is S=C(NC1CC2CCC1C2)NN(c1ccccc1)c1ccccc1. The lowest BCUT2D eigenvalue weighted by Crippen LogP contribution is -2.49. The molecule has 0 spiro atoms. The van der Waals surface area contributed by atoms with Gasteiger partial charge < -0.3 is 5.32 Å². The van der Waals surface area contributed by atoms with E-state index >= 15 is 0 Å². The van der Waals surface area contributed by atoms with Crippen LogP contribution in [-0.4, -0.2) is 11.2 Å². The first-order valence-electron chi connectivity index (χ1n) is 8.77. The highest BCUT2D eigenvalue weighted by Gasteiger charge is 2.39. The van der Waals surface area contributed by atoms with E-state index in [-0.39, 0.29) is 0 Å². The number of anilines is 2. The van der Waals surface area contributed by atoms with Gasteiger partial charge in [0.15, 0.2) is 5.11 Å². The fourth-order valence-electron chi connectivity index (χ4n) is 4.16. The zero-order valence-electron chi connectivity index (χ0n) is 13.7. The van der Waals surface area contributed by atoms with Crippen molar-refractivity contribution in [2.24, 2.45) is 11.8 Å². The second-order valence-electron chi connectivity index (χ2n) is 6.87. The Morgan fingerprint density at radius 3 is 2.00 bits per heavy atom. The quantitative estimate of drug-likeness (QED) is 0.639. The second kappa shape index (κ2) is 6.81. The van der Waals surface area contributed by atoms with Crippen molar-refractivity contribution in [2.45, 2.75) is 31.7 Å². The number of hydrazine groups is 1. The van der Waals surface area contributed by atoms with E-state index < -0.39 is 0 Å². The number of nitrogens with one attached hydrogen (secondary N) is 2. The van der Waals surface area contributed by atoms with Gasteiger partial charge in [0.2, 0.25) is 0 Å². The molecular formula is C20H23N3S. The summed E-state index contributed by atoms with van der Waals surface area (Å²) < 4.78 is 0. The number of fused-ring (bicyclic) bond motifs is 2. The summed E-state index contributed by atoms with van der Waals surface area (Å²) >= 11 is 5.62. The predicted molar refractivity (Wildman–Crippen MR) is 103 cm³/mol. The van der Waals surface area contributed by atoms with Gasteiger partial charge in [-0.3, -0.25) is 10.4 Å². The smallest absolute Gasteiger partial charge is 0.185 e. The van der Waals surface area contributed by atoms with Crippen molar-refractivity contribution in [3.63, 3.8) is 0 Å². The van der Waals surface area contributed by atoms with E-state index in [9.17, 15) is 0 Å². The van der Waals surface area contributed by atoms with E-state index in [4.69, 9.17) is 12.2 Å². The minimum absolute atomic E-state index is 0.539. The fraction of sp³-hybridized carbons (Fsp3) is 0.350. The molecule has 2 saturated carbocycles. The van der Waals surface area contributed by atoms with Gasteiger partial charge in [-0.1, -0.05) is 42.8 Å². The Morgan fingerprint density at radius 1 is 0.875 bits per heavy atom. The number of benzene rings is 2. The molecule has 2 aliphatic rings. The van der Waals surface area contributed by atoms with Gasteiger partial charge in [0.05, 0.1) is 11.4 Å². The van der Waals surface area contributed by atoms with Gasteiger partial charge in [-0.15, -0.1) is 0 Å². The molecule has 0 saturated heterocycles. The van der Waals surface area contributed by atoms with Crippen LogP contribution >= 0.6 is 12.2 Å². The first-order valence-corrected chi connectivity index (χ1v) is 9.18. The van der Waals surface area contributed by atoms with Crippen molar-refractivity contribution in [1.82, 2.24) is 10.7 Å². The lowest BCUT2D eigenvalue weighted by atomic mass is 9.96. The average molecular weight is 337 g/mol. The largest absolute Gasteiger partial charge is 0.358 e. The molecule has 3 nitrogen and oxygen atoms in total. The fourth-order valence-corrected chi connectivity index (χ4v) is 4.40. The average Bonchev–Trinajstić information content (AvgIpc) is 3.24. The van der Waals surface area contributed by atoms with Gasteiger partial charge in [0.25, 0.3) is 0 Å². The van der Waals surface area contributed by atoms with Gasteiger partial charge in [-0.05, 0) is 67.6 Å². The molecule has 2 aromatic rings. The Balaban J connectivity index is 1.48. The third kappa shape index (κ3) is 3.24. The zero-order valence-corrected chi connectivity index (χ0v) is 14.5. The molecule has 2 N–H and O–H groups in total. The molecule has 0 radical (unpaired) electrons. The minimum Gasteiger partial charge on any atom is -0.358 e. The molecule has 0 aliphatic heterocycles. The molecular weight excluding hydrogens is 314 g/mol. The molecule has 2 fully saturated rings. The van der Waals surface area contributed by atoms with Crippen LogP contribution in [0.25, 0.3) is 0 Å². The van der Waals surface area contributed by atoms with Crippen LogP contribution in [0.15, 0.2) is 60.7 Å². The van der Waals surface area contributed by atoms with Crippen LogP contribution in [0.4, 0.5) is 11.4 Å². The van der Waals surface area contributed by atoms with E-state index in [0.29, 0.717) is 11.2 Å². The van der Waals surface area contributed by atoms with Gasteiger partial charge in [0.1, 0.15) is 0 Å². The molecule has 0 aromatic heterocycles. The summed E-state index contributed by atoms with van der Waals surface area (Å²) in [4.78, 5) is 0. The van der Waals surface area contributed by atoms with E-state index in [1.165, 1.54) is 25.7 Å². The highest BCUT2D eigenvalue weighted by Crippen LogP contribution is 2.44. The van der Waals surface area contributed by atoms with E-state index in [1.54, 1.807) is 0 Å². The summed E-state index contributed by atoms with van der Waals surface area (Å²) in [7, 11) is 0. The maximum Gasteiger partial charge on any atom is 0.185 e. The summed E-state index contributed by atoms with van der Waals surface area (Å²) in [6.45, 7) is 0. The van der Waals surface area contributed by atoms with Gasteiger partial charge >= 0.3 is 0 Å². The van der Waals surface area contributed by atoms with Gasteiger partial charge in [-0.25, -0.2) is 0 Å². The molecule has 2 aromatic carbocycles. The maximum atomic E-state index is 5.62. The molecule has 2 bridgehead atoms. The Bertz CT molecular complexity index is 649. The van der Waals surface area contributed by atoms with Crippen LogP contribution in [0.5, 0.6) is 0 Å². The molecule has 4 rings (SSSR count). The molecule has 3 unspecified atom stereocenters. The Labute approximate surface area is 149 Å². The summed E-state index contributed by atoms with van der Waals surface area (Å²) in [5, 5.41) is 6.31. The molecule has 124 valence electrons. The molecule has 4 heteroatoms. The monoisotopic (exact) mass is 337 g/mol. The number of nitrogens with zero attached hydrogens (tertiary/aromatic N) is 1. The van der Waals surface area contributed by atoms with Crippen LogP contribution in [0, 0.1) is 11.8 Å². The summed E-state index contributed by atoms with van der Waals surface area (Å²) in [5.41, 5.74) is 5.53. The maximum absolute atomic E-state index is 5.62. The van der Waals surface area contributed by atoms with Crippen LogP contribution in [-0.2, 0) is 0 Å². The van der Waals surface area contributed by atoms with E-state index in [2.05, 4.69) is 35.0 Å². The minimum atomic E-state index is 0.539. The van der Waals surface area contributed by atoms with Crippen LogP contribution in [0.3, 0.4) is 0 Å². The number of hydrogen-bond acceptors (Lipinski definition) is 2. The Kier molecular flexibility index (Phi) is 4.39. The van der Waals surface area contributed by atoms with E-state index in [0.717, 1.165) is 23.2 Å². The number of thiocarbonyl (C=S) groups is 1. The molecule has 2 aliphatic carbocycles. The number of para-hydroxylation sites is 2. The molecule has 0 heterocycles. The van der Waals surface area contributed by atoms with Crippen molar-refractivity contribution >= 4 is 28.7 Å². The van der Waals surface area contributed by atoms with Crippen molar-refractivity contribution in [3.05, 3.63) is 60.7 Å². The molecule has 24 heavy (non-hydrogen) atoms. The van der Waals surface area contributed by atoms with Crippen molar-refractivity contribution < 1.29 is 0 Å². The third-order valence-electron chi connectivity index (χ3n) is 5.30. The van der Waals surface area contributed by atoms with Gasteiger partial charge in [0, 0.05) is 6.04 Å². The Hall–Kier alpha value is -2.07. The zero-order chi connectivity index (χ0) is 16.4. The summed E-state index contributed by atoms with van der Waals surface area (Å²) in [6.07, 6.45) is 5.40. The van der Waals surface area contributed by atoms with Crippen LogP contribution < -0.4 is 15.8 Å². The van der Waals surface area contributed by atoms with E-state index in [1.807, 2.05) is 41.4 Å². The lowest BCUT2D eigenvalue weighted by Gasteiger charge is -2.30. The standard InChI is InChI=1S/C20H23N3S/c24-20(21-19-14-15-11-12-16(19)13-15)22-23(17-7-3-1-4-8-17)18-9-5-2-6-10-18/h1-10,15-16,19H,11-14H2,(H2,21,22,24). The highest BCUT2D eigenvalue weighted by molar-refractivity contribution is 7.80. The summed E-state index contributed by atoms with van der Waals surface area (Å²) in [5.74, 6) is 1.71.